The Morgan fingerprint density at radius 3 is 2.89 bits per heavy atom. The van der Waals surface area contributed by atoms with Gasteiger partial charge in [0.2, 0.25) is 0 Å². The third kappa shape index (κ3) is 3.69. The summed E-state index contributed by atoms with van der Waals surface area (Å²) in [6.07, 6.45) is 9.95. The first-order chi connectivity index (χ1) is 9.24. The lowest BCUT2D eigenvalue weighted by molar-refractivity contribution is 0.273. The largest absolute Gasteiger partial charge is 0.492 e. The fourth-order valence-corrected chi connectivity index (χ4v) is 3.22. The minimum atomic E-state index is 0.270. The van der Waals surface area contributed by atoms with Gasteiger partial charge in [0.15, 0.2) is 0 Å². The first kappa shape index (κ1) is 14.3. The molecule has 3 unspecified atom stereocenters. The minimum Gasteiger partial charge on any atom is -0.492 e. The molecular formula is C16H26N2O. The Morgan fingerprint density at radius 2 is 2.16 bits per heavy atom. The molecule has 19 heavy (non-hydrogen) atoms. The fraction of sp³-hybridized carbons (Fsp3) is 0.688. The second kappa shape index (κ2) is 6.90. The van der Waals surface area contributed by atoms with Crippen molar-refractivity contribution in [2.75, 3.05) is 6.61 Å². The van der Waals surface area contributed by atoms with E-state index in [1.807, 2.05) is 13.1 Å². The second-order valence-electron chi connectivity index (χ2n) is 5.63. The molecule has 1 saturated carbocycles. The van der Waals surface area contributed by atoms with Crippen LogP contribution in [-0.2, 0) is 0 Å². The van der Waals surface area contributed by atoms with Crippen LogP contribution >= 0.6 is 0 Å². The number of rotatable bonds is 5. The van der Waals surface area contributed by atoms with Gasteiger partial charge in [0.1, 0.15) is 5.75 Å². The van der Waals surface area contributed by atoms with E-state index in [-0.39, 0.29) is 6.04 Å². The van der Waals surface area contributed by atoms with E-state index in [0.29, 0.717) is 12.5 Å². The van der Waals surface area contributed by atoms with Gasteiger partial charge < -0.3 is 10.5 Å². The van der Waals surface area contributed by atoms with Crippen molar-refractivity contribution >= 4 is 0 Å². The molecule has 0 bridgehead atoms. The molecule has 3 nitrogen and oxygen atoms in total. The predicted molar refractivity (Wildman–Crippen MR) is 78.4 cm³/mol. The van der Waals surface area contributed by atoms with Gasteiger partial charge in [-0.05, 0) is 43.7 Å². The van der Waals surface area contributed by atoms with Crippen molar-refractivity contribution in [2.45, 2.75) is 57.9 Å². The molecule has 1 aliphatic rings. The molecule has 3 atom stereocenters. The summed E-state index contributed by atoms with van der Waals surface area (Å²) in [5, 5.41) is 0. The summed E-state index contributed by atoms with van der Waals surface area (Å²) in [5.74, 6) is 2.13. The van der Waals surface area contributed by atoms with Gasteiger partial charge in [-0.2, -0.15) is 0 Å². The van der Waals surface area contributed by atoms with Crippen LogP contribution in [0.3, 0.4) is 0 Å². The molecule has 106 valence electrons. The summed E-state index contributed by atoms with van der Waals surface area (Å²) >= 11 is 0. The van der Waals surface area contributed by atoms with Crippen molar-refractivity contribution in [2.24, 2.45) is 11.7 Å². The highest BCUT2D eigenvalue weighted by atomic mass is 16.5. The zero-order valence-corrected chi connectivity index (χ0v) is 12.1. The van der Waals surface area contributed by atoms with Crippen molar-refractivity contribution in [3.8, 4) is 5.75 Å². The number of hydrogen-bond donors (Lipinski definition) is 1. The van der Waals surface area contributed by atoms with Gasteiger partial charge in [-0.15, -0.1) is 0 Å². The van der Waals surface area contributed by atoms with Gasteiger partial charge in [0.25, 0.3) is 0 Å². The minimum absolute atomic E-state index is 0.270. The van der Waals surface area contributed by atoms with E-state index in [0.717, 1.165) is 18.1 Å². The topological polar surface area (TPSA) is 48.1 Å². The molecule has 1 aromatic rings. The Balaban J connectivity index is 2.11. The Bertz CT molecular complexity index is 394. The number of pyridine rings is 1. The Hall–Kier alpha value is -1.09. The normalized spacial score (nSPS) is 27.2. The number of aromatic nitrogens is 1. The van der Waals surface area contributed by atoms with E-state index in [1.54, 1.807) is 6.20 Å². The zero-order valence-electron chi connectivity index (χ0n) is 12.1. The van der Waals surface area contributed by atoms with E-state index in [4.69, 9.17) is 10.5 Å². The van der Waals surface area contributed by atoms with Gasteiger partial charge >= 0.3 is 0 Å². The summed E-state index contributed by atoms with van der Waals surface area (Å²) in [6.45, 7) is 4.94. The van der Waals surface area contributed by atoms with E-state index in [2.05, 4.69) is 18.0 Å². The first-order valence-corrected chi connectivity index (χ1v) is 7.57. The van der Waals surface area contributed by atoms with E-state index >= 15 is 0 Å². The van der Waals surface area contributed by atoms with Crippen molar-refractivity contribution in [3.05, 3.63) is 24.0 Å². The molecule has 2 N–H and O–H groups in total. The summed E-state index contributed by atoms with van der Waals surface area (Å²) < 4.78 is 5.54. The smallest absolute Gasteiger partial charge is 0.137 e. The van der Waals surface area contributed by atoms with Crippen LogP contribution in [0.4, 0.5) is 0 Å². The quantitative estimate of drug-likeness (QED) is 0.883. The van der Waals surface area contributed by atoms with Crippen LogP contribution in [0.15, 0.2) is 18.5 Å². The monoisotopic (exact) mass is 262 g/mol. The highest BCUT2D eigenvalue weighted by Crippen LogP contribution is 2.37. The molecule has 1 fully saturated rings. The summed E-state index contributed by atoms with van der Waals surface area (Å²) in [6, 6.07) is 2.39. The molecule has 2 rings (SSSR count). The molecule has 0 radical (unpaired) electrons. The van der Waals surface area contributed by atoms with E-state index < -0.39 is 0 Å². The highest BCUT2D eigenvalue weighted by molar-refractivity contribution is 5.28. The van der Waals surface area contributed by atoms with Crippen LogP contribution < -0.4 is 10.5 Å². The number of hydrogen-bond acceptors (Lipinski definition) is 3. The SMILES string of the molecule is CCCC1CCC(N)C(c2cncc(OCC)c2)C1. The molecule has 0 amide bonds. The van der Waals surface area contributed by atoms with Gasteiger partial charge in [-0.3, -0.25) is 4.98 Å². The average molecular weight is 262 g/mol. The van der Waals surface area contributed by atoms with Crippen LogP contribution in [0.25, 0.3) is 0 Å². The molecule has 0 saturated heterocycles. The standard InChI is InChI=1S/C16H26N2O/c1-3-5-12-6-7-16(17)15(8-12)13-9-14(19-4-2)11-18-10-13/h9-12,15-16H,3-8,17H2,1-2H3. The Labute approximate surface area is 116 Å². The molecule has 1 heterocycles. The molecule has 0 spiro atoms. The maximum absolute atomic E-state index is 6.32. The molecule has 0 aromatic carbocycles. The molecule has 3 heteroatoms. The Kier molecular flexibility index (Phi) is 5.20. The van der Waals surface area contributed by atoms with Gasteiger partial charge in [0, 0.05) is 18.2 Å². The summed E-state index contributed by atoms with van der Waals surface area (Å²) in [5.41, 5.74) is 7.57. The van der Waals surface area contributed by atoms with Crippen LogP contribution in [0.2, 0.25) is 0 Å². The maximum Gasteiger partial charge on any atom is 0.137 e. The second-order valence-corrected chi connectivity index (χ2v) is 5.63. The lowest BCUT2D eigenvalue weighted by atomic mass is 9.74. The summed E-state index contributed by atoms with van der Waals surface area (Å²) in [7, 11) is 0. The number of nitrogens with two attached hydrogens (primary N) is 1. The highest BCUT2D eigenvalue weighted by Gasteiger charge is 2.29. The molecule has 0 aliphatic heterocycles. The first-order valence-electron chi connectivity index (χ1n) is 7.57. The zero-order chi connectivity index (χ0) is 13.7. The fourth-order valence-electron chi connectivity index (χ4n) is 3.22. The maximum atomic E-state index is 6.32. The van der Waals surface area contributed by atoms with Crippen LogP contribution in [0, 0.1) is 5.92 Å². The van der Waals surface area contributed by atoms with Crippen molar-refractivity contribution in [1.29, 1.82) is 0 Å². The van der Waals surface area contributed by atoms with Gasteiger partial charge in [-0.1, -0.05) is 19.8 Å². The molecule has 1 aromatic heterocycles. The van der Waals surface area contributed by atoms with Gasteiger partial charge in [0.05, 0.1) is 12.8 Å². The lowest BCUT2D eigenvalue weighted by Crippen LogP contribution is -2.34. The molecule has 1 aliphatic carbocycles. The Morgan fingerprint density at radius 1 is 1.32 bits per heavy atom. The predicted octanol–water partition coefficient (Wildman–Crippen LogP) is 3.49. The van der Waals surface area contributed by atoms with Crippen LogP contribution in [0.5, 0.6) is 5.75 Å². The third-order valence-corrected chi connectivity index (χ3v) is 4.18. The molecular weight excluding hydrogens is 236 g/mol. The van der Waals surface area contributed by atoms with E-state index in [9.17, 15) is 0 Å². The van der Waals surface area contributed by atoms with Crippen LogP contribution in [0.1, 0.15) is 57.4 Å². The van der Waals surface area contributed by atoms with Crippen molar-refractivity contribution in [1.82, 2.24) is 4.98 Å². The van der Waals surface area contributed by atoms with Crippen molar-refractivity contribution < 1.29 is 4.74 Å². The van der Waals surface area contributed by atoms with Gasteiger partial charge in [-0.25, -0.2) is 0 Å². The summed E-state index contributed by atoms with van der Waals surface area (Å²) in [4.78, 5) is 4.30. The average Bonchev–Trinajstić information content (AvgIpc) is 2.42. The lowest BCUT2D eigenvalue weighted by Gasteiger charge is -2.34. The van der Waals surface area contributed by atoms with Crippen LogP contribution in [-0.4, -0.2) is 17.6 Å². The number of nitrogens with zero attached hydrogens (tertiary/aromatic N) is 1. The van der Waals surface area contributed by atoms with E-state index in [1.165, 1.54) is 31.2 Å². The number of ether oxygens (including phenoxy) is 1. The van der Waals surface area contributed by atoms with Crippen molar-refractivity contribution in [3.63, 3.8) is 0 Å². The third-order valence-electron chi connectivity index (χ3n) is 4.18.